The molecule has 20 heteroatoms. The Morgan fingerprint density at radius 2 is 1.15 bits per heavy atom. The molecule has 0 spiro atoms. The molecule has 0 fully saturated rings. The number of hydrazine groups is 1. The topological polar surface area (TPSA) is 180 Å². The fourth-order valence-corrected chi connectivity index (χ4v) is 7.43. The normalized spacial score (nSPS) is 13.5. The number of primary amides is 1. The number of benzene rings is 3. The van der Waals surface area contributed by atoms with E-state index in [2.05, 4.69) is 21.4 Å². The molecule has 1 heterocycles. The number of nitrogens with one attached hydrogen (secondary N) is 4. The van der Waals surface area contributed by atoms with Crippen LogP contribution in [0.15, 0.2) is 30.3 Å². The summed E-state index contributed by atoms with van der Waals surface area (Å²) < 4.78 is 0. The van der Waals surface area contributed by atoms with Gasteiger partial charge in [-0.25, -0.2) is 10.4 Å². The Morgan fingerprint density at radius 1 is 0.667 bits per heavy atom. The molecule has 3 aromatic carbocycles. The minimum Gasteiger partial charge on any atom is -0.368 e. The van der Waals surface area contributed by atoms with Gasteiger partial charge >= 0.3 is 0 Å². The molecule has 288 valence electrons. The molecular formula is C34H30Cl8N6O6. The molecule has 0 aliphatic carbocycles. The van der Waals surface area contributed by atoms with Crippen molar-refractivity contribution in [2.24, 2.45) is 11.7 Å². The summed E-state index contributed by atoms with van der Waals surface area (Å²) in [5.41, 5.74) is 7.49. The molecule has 0 bridgehead atoms. The van der Waals surface area contributed by atoms with E-state index in [0.29, 0.717) is 10.6 Å². The lowest BCUT2D eigenvalue weighted by Gasteiger charge is -2.24. The fraction of sp³-hybridized carbons (Fsp3) is 0.294. The van der Waals surface area contributed by atoms with Gasteiger partial charge < -0.3 is 21.7 Å². The van der Waals surface area contributed by atoms with E-state index in [-0.39, 0.29) is 89.6 Å². The van der Waals surface area contributed by atoms with Crippen LogP contribution in [0.4, 0.5) is 0 Å². The second kappa shape index (κ2) is 18.7. The van der Waals surface area contributed by atoms with E-state index in [4.69, 9.17) is 98.5 Å². The lowest BCUT2D eigenvalue weighted by Crippen LogP contribution is -2.55. The summed E-state index contributed by atoms with van der Waals surface area (Å²) in [6.45, 7) is 3.58. The van der Waals surface area contributed by atoms with Crippen LogP contribution < -0.4 is 27.1 Å². The van der Waals surface area contributed by atoms with Crippen molar-refractivity contribution in [3.63, 3.8) is 0 Å². The van der Waals surface area contributed by atoms with E-state index in [1.807, 2.05) is 13.8 Å². The molecule has 0 radical (unpaired) electrons. The van der Waals surface area contributed by atoms with Gasteiger partial charge in [-0.3, -0.25) is 28.8 Å². The van der Waals surface area contributed by atoms with Gasteiger partial charge in [0, 0.05) is 13.1 Å². The molecule has 1 aliphatic heterocycles. The molecule has 2 atom stereocenters. The number of carbonyl (C=O) groups is 6. The van der Waals surface area contributed by atoms with E-state index >= 15 is 0 Å². The summed E-state index contributed by atoms with van der Waals surface area (Å²) in [5, 5.41) is 6.13. The summed E-state index contributed by atoms with van der Waals surface area (Å²) in [6, 6.07) is 6.52. The molecule has 12 nitrogen and oxygen atoms in total. The first-order valence-corrected chi connectivity index (χ1v) is 19.0. The molecule has 4 rings (SSSR count). The van der Waals surface area contributed by atoms with E-state index in [1.54, 1.807) is 30.3 Å². The van der Waals surface area contributed by atoms with E-state index in [0.717, 1.165) is 0 Å². The molecule has 54 heavy (non-hydrogen) atoms. The first-order valence-electron chi connectivity index (χ1n) is 16.0. The van der Waals surface area contributed by atoms with Crippen LogP contribution in [0, 0.1) is 5.92 Å². The van der Waals surface area contributed by atoms with Gasteiger partial charge in [0.1, 0.15) is 12.1 Å². The van der Waals surface area contributed by atoms with Crippen molar-refractivity contribution in [3.05, 3.63) is 98.3 Å². The molecule has 3 aromatic rings. The monoisotopic (exact) mass is 898 g/mol. The molecule has 1 aliphatic rings. The summed E-state index contributed by atoms with van der Waals surface area (Å²) in [4.78, 5) is 79.0. The van der Waals surface area contributed by atoms with Gasteiger partial charge in [-0.2, -0.15) is 0 Å². The number of imide groups is 1. The van der Waals surface area contributed by atoms with E-state index in [9.17, 15) is 28.8 Å². The standard InChI is InChI=1S/C34H30Cl8N6O6/c1-13(2)11-15(29(43)49)46-32(52)18-17(21(35)25(39)26(40)22(18)36)31(51)45-10-6-9-44-30(50)16(12-14-7-4-3-5-8-14)47-48-33(53)19-20(34(48)54)24(38)28(42)27(41)23(19)37/h3-5,7-8,13,15-16,47H,6,9-12H2,1-2H3,(H2,43,49)(H,44,50)(H,45,51)(H,46,52)/t15-,16-/m0/s1. The number of rotatable bonds is 15. The van der Waals surface area contributed by atoms with Gasteiger partial charge in [-0.05, 0) is 30.7 Å². The van der Waals surface area contributed by atoms with Crippen LogP contribution in [-0.4, -0.2) is 65.6 Å². The van der Waals surface area contributed by atoms with Crippen LogP contribution in [0.5, 0.6) is 0 Å². The van der Waals surface area contributed by atoms with Gasteiger partial charge in [-0.1, -0.05) is 137 Å². The number of halogens is 8. The summed E-state index contributed by atoms with van der Waals surface area (Å²) in [7, 11) is 0. The van der Waals surface area contributed by atoms with Crippen LogP contribution >= 0.6 is 92.8 Å². The van der Waals surface area contributed by atoms with Crippen LogP contribution in [0.3, 0.4) is 0 Å². The Balaban J connectivity index is 1.46. The van der Waals surface area contributed by atoms with Crippen molar-refractivity contribution in [2.45, 2.75) is 45.2 Å². The quantitative estimate of drug-likeness (QED) is 0.0464. The van der Waals surface area contributed by atoms with Crippen LogP contribution in [0.1, 0.15) is 73.7 Å². The maximum absolute atomic E-state index is 13.5. The van der Waals surface area contributed by atoms with E-state index in [1.165, 1.54) is 0 Å². The molecule has 0 saturated carbocycles. The average molecular weight is 902 g/mol. The van der Waals surface area contributed by atoms with Crippen molar-refractivity contribution in [1.29, 1.82) is 0 Å². The number of carbonyl (C=O) groups excluding carboxylic acids is 6. The highest BCUT2D eigenvalue weighted by molar-refractivity contribution is 6.55. The number of fused-ring (bicyclic) bond motifs is 1. The Kier molecular flexibility index (Phi) is 15.2. The second-order valence-electron chi connectivity index (χ2n) is 12.3. The number of nitrogens with two attached hydrogens (primary N) is 1. The Hall–Kier alpha value is -3.04. The lowest BCUT2D eigenvalue weighted by molar-refractivity contribution is -0.124. The average Bonchev–Trinajstić information content (AvgIpc) is 3.37. The van der Waals surface area contributed by atoms with Crippen molar-refractivity contribution < 1.29 is 28.8 Å². The Bertz CT molecular complexity index is 1990. The molecule has 6 N–H and O–H groups in total. The van der Waals surface area contributed by atoms with Crippen molar-refractivity contribution in [2.75, 3.05) is 13.1 Å². The number of amides is 6. The maximum atomic E-state index is 13.5. The highest BCUT2D eigenvalue weighted by Crippen LogP contribution is 2.45. The highest BCUT2D eigenvalue weighted by atomic mass is 35.5. The number of hydrogen-bond acceptors (Lipinski definition) is 7. The summed E-state index contributed by atoms with van der Waals surface area (Å²) in [5.74, 6) is -5.03. The minimum atomic E-state index is -1.18. The third kappa shape index (κ3) is 9.49. The van der Waals surface area contributed by atoms with Gasteiger partial charge in [0.25, 0.3) is 23.6 Å². The third-order valence-electron chi connectivity index (χ3n) is 8.00. The highest BCUT2D eigenvalue weighted by Gasteiger charge is 2.43. The summed E-state index contributed by atoms with van der Waals surface area (Å²) >= 11 is 49.9. The van der Waals surface area contributed by atoms with Crippen molar-refractivity contribution >= 4 is 128 Å². The first-order chi connectivity index (χ1) is 25.4. The third-order valence-corrected chi connectivity index (χ3v) is 11.6. The van der Waals surface area contributed by atoms with Crippen LogP contribution in [-0.2, 0) is 16.0 Å². The predicted molar refractivity (Wildman–Crippen MR) is 210 cm³/mol. The van der Waals surface area contributed by atoms with Crippen molar-refractivity contribution in [1.82, 2.24) is 26.4 Å². The zero-order valence-corrected chi connectivity index (χ0v) is 34.2. The SMILES string of the molecule is CC(C)C[C@H](NC(=O)c1c(Cl)c(Cl)c(Cl)c(Cl)c1C(=O)NCCCNC(=O)[C@H](Cc1ccccc1)NN1C(=O)c2c(Cl)c(Cl)c(Cl)c(Cl)c2C1=O)C(N)=O. The summed E-state index contributed by atoms with van der Waals surface area (Å²) in [6.07, 6.45) is 0.388. The molecule has 0 aromatic heterocycles. The molecule has 0 unspecified atom stereocenters. The van der Waals surface area contributed by atoms with E-state index < -0.39 is 58.7 Å². The van der Waals surface area contributed by atoms with Gasteiger partial charge in [0.15, 0.2) is 0 Å². The zero-order chi connectivity index (χ0) is 40.2. The van der Waals surface area contributed by atoms with Gasteiger partial charge in [-0.15, -0.1) is 0 Å². The molecule has 6 amide bonds. The molecule has 0 saturated heterocycles. The van der Waals surface area contributed by atoms with Crippen molar-refractivity contribution in [3.8, 4) is 0 Å². The van der Waals surface area contributed by atoms with Crippen LogP contribution in [0.25, 0.3) is 0 Å². The Morgan fingerprint density at radius 3 is 1.65 bits per heavy atom. The predicted octanol–water partition coefficient (Wildman–Crippen LogP) is 7.19. The fourth-order valence-electron chi connectivity index (χ4n) is 5.39. The van der Waals surface area contributed by atoms with Crippen LogP contribution in [0.2, 0.25) is 40.2 Å². The van der Waals surface area contributed by atoms with Gasteiger partial charge in [0.2, 0.25) is 11.8 Å². The largest absolute Gasteiger partial charge is 0.368 e. The lowest BCUT2D eigenvalue weighted by atomic mass is 10.0. The molecular weight excluding hydrogens is 872 g/mol. The zero-order valence-electron chi connectivity index (χ0n) is 28.2. The number of nitrogens with zero attached hydrogens (tertiary/aromatic N) is 1. The van der Waals surface area contributed by atoms with Gasteiger partial charge in [0.05, 0.1) is 62.4 Å². The Labute approximate surface area is 349 Å². The first kappa shape index (κ1) is 43.7. The maximum Gasteiger partial charge on any atom is 0.277 e. The second-order valence-corrected chi connectivity index (χ2v) is 15.3. The smallest absolute Gasteiger partial charge is 0.277 e. The number of hydrogen-bond donors (Lipinski definition) is 5. The minimum absolute atomic E-state index is 0.00419.